The Kier molecular flexibility index (Phi) is 3.69. The van der Waals surface area contributed by atoms with E-state index in [0.717, 1.165) is 28.0 Å². The van der Waals surface area contributed by atoms with Crippen LogP contribution in [0, 0.1) is 6.92 Å². The molecule has 0 bridgehead atoms. The number of nitrogens with zero attached hydrogens (tertiary/aromatic N) is 2. The lowest BCUT2D eigenvalue weighted by molar-refractivity contribution is 0.388. The molecule has 2 aromatic rings. The van der Waals surface area contributed by atoms with Crippen molar-refractivity contribution in [3.63, 3.8) is 0 Å². The van der Waals surface area contributed by atoms with Gasteiger partial charge in [-0.1, -0.05) is 5.16 Å². The highest BCUT2D eigenvalue weighted by Crippen LogP contribution is 2.09. The first-order valence-electron chi connectivity index (χ1n) is 4.96. The molecule has 0 saturated carbocycles. The predicted octanol–water partition coefficient (Wildman–Crippen LogP) is 2.43. The van der Waals surface area contributed by atoms with Gasteiger partial charge in [-0.3, -0.25) is 4.98 Å². The van der Waals surface area contributed by atoms with Gasteiger partial charge in [0, 0.05) is 36.0 Å². The molecular formula is C11H12BrN3O. The molecule has 0 aliphatic heterocycles. The summed E-state index contributed by atoms with van der Waals surface area (Å²) in [6, 6.07) is 3.96. The van der Waals surface area contributed by atoms with Gasteiger partial charge in [0.05, 0.1) is 5.69 Å². The monoisotopic (exact) mass is 281 g/mol. The van der Waals surface area contributed by atoms with Crippen LogP contribution < -0.4 is 5.32 Å². The molecule has 2 heterocycles. The quantitative estimate of drug-likeness (QED) is 0.935. The average Bonchev–Trinajstić information content (AvgIpc) is 2.64. The van der Waals surface area contributed by atoms with Crippen molar-refractivity contribution in [3.05, 3.63) is 46.0 Å². The van der Waals surface area contributed by atoms with Crippen molar-refractivity contribution < 1.29 is 4.52 Å². The minimum absolute atomic E-state index is 0.698. The second-order valence-corrected chi connectivity index (χ2v) is 4.46. The van der Waals surface area contributed by atoms with E-state index in [2.05, 4.69) is 31.4 Å². The smallest absolute Gasteiger partial charge is 0.133 e. The SMILES string of the molecule is Cc1cc(CNCc2cncc(Br)c2)no1. The summed E-state index contributed by atoms with van der Waals surface area (Å²) in [6.45, 7) is 3.34. The van der Waals surface area contributed by atoms with E-state index in [1.54, 1.807) is 6.20 Å². The number of nitrogens with one attached hydrogen (secondary N) is 1. The lowest BCUT2D eigenvalue weighted by Crippen LogP contribution is -2.12. The van der Waals surface area contributed by atoms with Gasteiger partial charge in [-0.25, -0.2) is 0 Å². The van der Waals surface area contributed by atoms with Gasteiger partial charge >= 0.3 is 0 Å². The van der Waals surface area contributed by atoms with Gasteiger partial charge in [0.1, 0.15) is 5.76 Å². The number of pyridine rings is 1. The van der Waals surface area contributed by atoms with Crippen molar-refractivity contribution in [1.29, 1.82) is 0 Å². The molecule has 0 aliphatic carbocycles. The van der Waals surface area contributed by atoms with Crippen LogP contribution in [0.3, 0.4) is 0 Å². The fourth-order valence-electron chi connectivity index (χ4n) is 1.39. The molecule has 0 saturated heterocycles. The van der Waals surface area contributed by atoms with Crippen LogP contribution in [0.25, 0.3) is 0 Å². The third kappa shape index (κ3) is 3.15. The van der Waals surface area contributed by atoms with Gasteiger partial charge in [0.15, 0.2) is 0 Å². The maximum atomic E-state index is 4.98. The molecule has 2 rings (SSSR count). The lowest BCUT2D eigenvalue weighted by Gasteiger charge is -2.02. The van der Waals surface area contributed by atoms with E-state index < -0.39 is 0 Å². The van der Waals surface area contributed by atoms with E-state index in [4.69, 9.17) is 4.52 Å². The second kappa shape index (κ2) is 5.23. The summed E-state index contributed by atoms with van der Waals surface area (Å²) in [5, 5.41) is 7.18. The summed E-state index contributed by atoms with van der Waals surface area (Å²) in [5.41, 5.74) is 2.05. The number of hydrogen-bond donors (Lipinski definition) is 1. The van der Waals surface area contributed by atoms with E-state index in [1.807, 2.05) is 25.3 Å². The largest absolute Gasteiger partial charge is 0.361 e. The molecule has 0 amide bonds. The minimum Gasteiger partial charge on any atom is -0.361 e. The zero-order valence-electron chi connectivity index (χ0n) is 8.90. The summed E-state index contributed by atoms with van der Waals surface area (Å²) < 4.78 is 5.97. The Morgan fingerprint density at radius 3 is 2.88 bits per heavy atom. The highest BCUT2D eigenvalue weighted by molar-refractivity contribution is 9.10. The van der Waals surface area contributed by atoms with Crippen molar-refractivity contribution in [3.8, 4) is 0 Å². The van der Waals surface area contributed by atoms with Crippen LogP contribution in [0.15, 0.2) is 33.5 Å². The van der Waals surface area contributed by atoms with Crippen molar-refractivity contribution in [2.24, 2.45) is 0 Å². The van der Waals surface area contributed by atoms with Crippen LogP contribution >= 0.6 is 15.9 Å². The average molecular weight is 282 g/mol. The Morgan fingerprint density at radius 2 is 2.19 bits per heavy atom. The van der Waals surface area contributed by atoms with Gasteiger partial charge in [0.25, 0.3) is 0 Å². The highest BCUT2D eigenvalue weighted by atomic mass is 79.9. The molecule has 0 aromatic carbocycles. The van der Waals surface area contributed by atoms with Gasteiger partial charge < -0.3 is 9.84 Å². The fourth-order valence-corrected chi connectivity index (χ4v) is 1.80. The van der Waals surface area contributed by atoms with Gasteiger partial charge in [-0.05, 0) is 34.5 Å². The minimum atomic E-state index is 0.698. The van der Waals surface area contributed by atoms with E-state index in [9.17, 15) is 0 Å². The molecule has 0 fully saturated rings. The maximum absolute atomic E-state index is 4.98. The van der Waals surface area contributed by atoms with Crippen molar-refractivity contribution in [1.82, 2.24) is 15.5 Å². The molecule has 1 N–H and O–H groups in total. The van der Waals surface area contributed by atoms with Gasteiger partial charge in [-0.15, -0.1) is 0 Å². The number of rotatable bonds is 4. The molecule has 4 nitrogen and oxygen atoms in total. The molecule has 5 heteroatoms. The maximum Gasteiger partial charge on any atom is 0.133 e. The molecule has 0 atom stereocenters. The molecular weight excluding hydrogens is 270 g/mol. The van der Waals surface area contributed by atoms with Crippen LogP contribution in [-0.4, -0.2) is 10.1 Å². The van der Waals surface area contributed by atoms with Crippen LogP contribution in [0.2, 0.25) is 0 Å². The standard InChI is InChI=1S/C11H12BrN3O/c1-8-2-11(15-16-8)7-14-5-9-3-10(12)6-13-4-9/h2-4,6,14H,5,7H2,1H3. The molecule has 0 spiro atoms. The summed E-state index contributed by atoms with van der Waals surface area (Å²) in [5.74, 6) is 0.834. The summed E-state index contributed by atoms with van der Waals surface area (Å²) in [7, 11) is 0. The number of halogens is 1. The third-order valence-corrected chi connectivity index (χ3v) is 2.51. The Hall–Kier alpha value is -1.20. The van der Waals surface area contributed by atoms with Crippen molar-refractivity contribution >= 4 is 15.9 Å². The zero-order chi connectivity index (χ0) is 11.4. The Bertz CT molecular complexity index is 470. The third-order valence-electron chi connectivity index (χ3n) is 2.07. The summed E-state index contributed by atoms with van der Waals surface area (Å²) in [4.78, 5) is 4.09. The van der Waals surface area contributed by atoms with Gasteiger partial charge in [-0.2, -0.15) is 0 Å². The second-order valence-electron chi connectivity index (χ2n) is 3.54. The Balaban J connectivity index is 1.84. The molecule has 0 unspecified atom stereocenters. The number of hydrogen-bond acceptors (Lipinski definition) is 4. The van der Waals surface area contributed by atoms with Crippen LogP contribution in [0.5, 0.6) is 0 Å². The van der Waals surface area contributed by atoms with Crippen molar-refractivity contribution in [2.75, 3.05) is 0 Å². The fraction of sp³-hybridized carbons (Fsp3) is 0.273. The van der Waals surface area contributed by atoms with E-state index >= 15 is 0 Å². The van der Waals surface area contributed by atoms with Crippen LogP contribution in [0.4, 0.5) is 0 Å². The summed E-state index contributed by atoms with van der Waals surface area (Å²) in [6.07, 6.45) is 3.61. The molecule has 16 heavy (non-hydrogen) atoms. The highest BCUT2D eigenvalue weighted by Gasteiger charge is 2.00. The topological polar surface area (TPSA) is 51.0 Å². The van der Waals surface area contributed by atoms with Gasteiger partial charge in [0.2, 0.25) is 0 Å². The molecule has 0 aliphatic rings. The predicted molar refractivity (Wildman–Crippen MR) is 63.7 cm³/mol. The molecule has 0 radical (unpaired) electrons. The van der Waals surface area contributed by atoms with E-state index in [0.29, 0.717) is 6.54 Å². The van der Waals surface area contributed by atoms with Crippen LogP contribution in [-0.2, 0) is 13.1 Å². The molecule has 84 valence electrons. The zero-order valence-corrected chi connectivity index (χ0v) is 10.5. The normalized spacial score (nSPS) is 10.6. The van der Waals surface area contributed by atoms with E-state index in [-0.39, 0.29) is 0 Å². The Labute approximate surface area is 102 Å². The first kappa shape index (κ1) is 11.3. The van der Waals surface area contributed by atoms with Crippen LogP contribution in [0.1, 0.15) is 17.0 Å². The number of aromatic nitrogens is 2. The number of aryl methyl sites for hydroxylation is 1. The van der Waals surface area contributed by atoms with E-state index in [1.165, 1.54) is 0 Å². The lowest BCUT2D eigenvalue weighted by atomic mass is 10.3. The first-order chi connectivity index (χ1) is 7.74. The summed E-state index contributed by atoms with van der Waals surface area (Å²) >= 11 is 3.38. The Morgan fingerprint density at radius 1 is 1.31 bits per heavy atom. The van der Waals surface area contributed by atoms with Crippen molar-refractivity contribution in [2.45, 2.75) is 20.0 Å². The molecule has 2 aromatic heterocycles. The first-order valence-corrected chi connectivity index (χ1v) is 5.75.